The predicted molar refractivity (Wildman–Crippen MR) is 78.4 cm³/mol. The number of benzene rings is 1. The van der Waals surface area contributed by atoms with Crippen LogP contribution in [0.25, 0.3) is 0 Å². The van der Waals surface area contributed by atoms with Gasteiger partial charge in [-0.25, -0.2) is 13.6 Å². The highest BCUT2D eigenvalue weighted by atomic mass is 19.1. The summed E-state index contributed by atoms with van der Waals surface area (Å²) in [7, 11) is 0. The molecule has 0 saturated heterocycles. The maximum absolute atomic E-state index is 13.8. The summed E-state index contributed by atoms with van der Waals surface area (Å²) in [6, 6.07) is -0.432. The molecule has 1 aromatic carbocycles. The fraction of sp³-hybridized carbons (Fsp3) is 0.467. The minimum atomic E-state index is -1.10. The van der Waals surface area contributed by atoms with E-state index in [2.05, 4.69) is 10.6 Å². The fourth-order valence-electron chi connectivity index (χ4n) is 2.00. The Labute approximate surface area is 132 Å². The van der Waals surface area contributed by atoms with E-state index in [1.165, 1.54) is 6.92 Å². The summed E-state index contributed by atoms with van der Waals surface area (Å²) < 4.78 is 37.8. The molecule has 2 rings (SSSR count). The second-order valence-electron chi connectivity index (χ2n) is 6.17. The number of halogens is 2. The van der Waals surface area contributed by atoms with E-state index in [1.807, 2.05) is 0 Å². The molecule has 1 aromatic rings. The van der Waals surface area contributed by atoms with E-state index in [4.69, 9.17) is 9.47 Å². The number of hydrogen-bond donors (Lipinski definition) is 2. The predicted octanol–water partition coefficient (Wildman–Crippen LogP) is 2.50. The Bertz CT molecular complexity index is 656. The SMILES string of the molecule is Cc1c(F)cc(F)c2c1OC[C@H](NC(=O)OC(C)(C)C)C(=O)N2. The lowest BCUT2D eigenvalue weighted by atomic mass is 10.1. The van der Waals surface area contributed by atoms with Gasteiger partial charge in [0, 0.05) is 11.6 Å². The van der Waals surface area contributed by atoms with Crippen molar-refractivity contribution >= 4 is 17.7 Å². The van der Waals surface area contributed by atoms with E-state index in [9.17, 15) is 18.4 Å². The van der Waals surface area contributed by atoms with E-state index < -0.39 is 35.3 Å². The van der Waals surface area contributed by atoms with Crippen molar-refractivity contribution in [3.05, 3.63) is 23.3 Å². The van der Waals surface area contributed by atoms with Gasteiger partial charge in [-0.05, 0) is 27.7 Å². The van der Waals surface area contributed by atoms with Crippen LogP contribution in [0.15, 0.2) is 6.07 Å². The van der Waals surface area contributed by atoms with Gasteiger partial charge >= 0.3 is 6.09 Å². The average Bonchev–Trinajstić information content (AvgIpc) is 2.55. The van der Waals surface area contributed by atoms with Gasteiger partial charge in [0.25, 0.3) is 5.91 Å². The van der Waals surface area contributed by atoms with Crippen LogP contribution in [0.3, 0.4) is 0 Å². The van der Waals surface area contributed by atoms with E-state index in [1.54, 1.807) is 20.8 Å². The van der Waals surface area contributed by atoms with Crippen molar-refractivity contribution < 1.29 is 27.8 Å². The Hall–Kier alpha value is -2.38. The maximum Gasteiger partial charge on any atom is 0.408 e. The molecule has 0 saturated carbocycles. The molecule has 0 aromatic heterocycles. The molecule has 1 atom stereocenters. The quantitative estimate of drug-likeness (QED) is 0.830. The van der Waals surface area contributed by atoms with Gasteiger partial charge in [-0.15, -0.1) is 0 Å². The lowest BCUT2D eigenvalue weighted by Crippen LogP contribution is -2.48. The number of nitrogens with one attached hydrogen (secondary N) is 2. The van der Waals surface area contributed by atoms with Crippen LogP contribution < -0.4 is 15.4 Å². The largest absolute Gasteiger partial charge is 0.488 e. The molecule has 0 unspecified atom stereocenters. The minimum Gasteiger partial charge on any atom is -0.488 e. The minimum absolute atomic E-state index is 0.0691. The fourth-order valence-corrected chi connectivity index (χ4v) is 2.00. The summed E-state index contributed by atoms with van der Waals surface area (Å²) in [5.74, 6) is -2.51. The zero-order valence-corrected chi connectivity index (χ0v) is 13.3. The molecule has 1 heterocycles. The third-order valence-electron chi connectivity index (χ3n) is 3.07. The van der Waals surface area contributed by atoms with Crippen molar-refractivity contribution in [1.29, 1.82) is 0 Å². The zero-order chi connectivity index (χ0) is 17.4. The molecular formula is C15H18F2N2O4. The molecule has 6 nitrogen and oxygen atoms in total. The van der Waals surface area contributed by atoms with Gasteiger partial charge in [0.05, 0.1) is 0 Å². The highest BCUT2D eigenvalue weighted by molar-refractivity contribution is 5.98. The molecule has 8 heteroatoms. The number of hydrogen-bond acceptors (Lipinski definition) is 4. The van der Waals surface area contributed by atoms with E-state index >= 15 is 0 Å². The van der Waals surface area contributed by atoms with Crippen molar-refractivity contribution in [1.82, 2.24) is 5.32 Å². The van der Waals surface area contributed by atoms with Crippen LogP contribution in [0, 0.1) is 18.6 Å². The second kappa shape index (κ2) is 6.02. The Kier molecular flexibility index (Phi) is 4.44. The van der Waals surface area contributed by atoms with Crippen molar-refractivity contribution in [2.24, 2.45) is 0 Å². The summed E-state index contributed by atoms with van der Waals surface area (Å²) in [6.07, 6.45) is -0.810. The molecule has 0 spiro atoms. The summed E-state index contributed by atoms with van der Waals surface area (Å²) >= 11 is 0. The van der Waals surface area contributed by atoms with Gasteiger partial charge in [-0.3, -0.25) is 4.79 Å². The molecule has 1 aliphatic heterocycles. The summed E-state index contributed by atoms with van der Waals surface area (Å²) in [6.45, 7) is 6.15. The molecule has 2 amide bonds. The van der Waals surface area contributed by atoms with Gasteiger partial charge in [-0.2, -0.15) is 0 Å². The maximum atomic E-state index is 13.8. The first kappa shape index (κ1) is 17.0. The Balaban J connectivity index is 2.18. The molecular weight excluding hydrogens is 310 g/mol. The monoisotopic (exact) mass is 328 g/mol. The van der Waals surface area contributed by atoms with Crippen LogP contribution in [-0.4, -0.2) is 30.3 Å². The first-order chi connectivity index (χ1) is 10.6. The second-order valence-corrected chi connectivity index (χ2v) is 6.17. The number of amides is 2. The van der Waals surface area contributed by atoms with Crippen LogP contribution >= 0.6 is 0 Å². The smallest absolute Gasteiger partial charge is 0.408 e. The zero-order valence-electron chi connectivity index (χ0n) is 13.3. The Morgan fingerprint density at radius 1 is 1.39 bits per heavy atom. The lowest BCUT2D eigenvalue weighted by molar-refractivity contribution is -0.118. The van der Waals surface area contributed by atoms with E-state index in [-0.39, 0.29) is 23.6 Å². The van der Waals surface area contributed by atoms with Crippen LogP contribution in [0.5, 0.6) is 5.75 Å². The molecule has 23 heavy (non-hydrogen) atoms. The van der Waals surface area contributed by atoms with Gasteiger partial charge in [0.15, 0.2) is 11.6 Å². The van der Waals surface area contributed by atoms with Crippen molar-refractivity contribution in [3.8, 4) is 5.75 Å². The van der Waals surface area contributed by atoms with Gasteiger partial charge in [0.1, 0.15) is 29.8 Å². The first-order valence-corrected chi connectivity index (χ1v) is 7.00. The molecule has 0 aliphatic carbocycles. The van der Waals surface area contributed by atoms with E-state index in [0.29, 0.717) is 6.07 Å². The number of ether oxygens (including phenoxy) is 2. The molecule has 0 bridgehead atoms. The highest BCUT2D eigenvalue weighted by Gasteiger charge is 2.31. The number of carbonyl (C=O) groups is 2. The normalized spacial score (nSPS) is 17.5. The molecule has 0 fully saturated rings. The first-order valence-electron chi connectivity index (χ1n) is 7.00. The standard InChI is InChI=1S/C15H18F2N2O4/c1-7-8(16)5-9(17)11-12(7)22-6-10(13(20)19-11)18-14(21)23-15(2,3)4/h5,10H,6H2,1-4H3,(H,18,21)(H,19,20)/t10-/m0/s1. The van der Waals surface area contributed by atoms with Crippen molar-refractivity contribution in [3.63, 3.8) is 0 Å². The van der Waals surface area contributed by atoms with Crippen molar-refractivity contribution in [2.75, 3.05) is 11.9 Å². The Morgan fingerprint density at radius 3 is 2.65 bits per heavy atom. The van der Waals surface area contributed by atoms with Crippen LogP contribution in [0.2, 0.25) is 0 Å². The highest BCUT2D eigenvalue weighted by Crippen LogP contribution is 2.35. The van der Waals surface area contributed by atoms with E-state index in [0.717, 1.165) is 0 Å². The van der Waals surface area contributed by atoms with Gasteiger partial charge in [0.2, 0.25) is 0 Å². The third kappa shape index (κ3) is 3.88. The number of rotatable bonds is 1. The number of fused-ring (bicyclic) bond motifs is 1. The van der Waals surface area contributed by atoms with Gasteiger partial charge in [-0.1, -0.05) is 0 Å². The molecule has 126 valence electrons. The van der Waals surface area contributed by atoms with Crippen molar-refractivity contribution in [2.45, 2.75) is 39.3 Å². The number of anilines is 1. The topological polar surface area (TPSA) is 76.7 Å². The Morgan fingerprint density at radius 2 is 2.04 bits per heavy atom. The van der Waals surface area contributed by atoms with Crippen LogP contribution in [0.4, 0.5) is 19.3 Å². The van der Waals surface area contributed by atoms with Crippen LogP contribution in [-0.2, 0) is 9.53 Å². The van der Waals surface area contributed by atoms with Gasteiger partial charge < -0.3 is 20.1 Å². The molecule has 1 aliphatic rings. The molecule has 0 radical (unpaired) electrons. The number of carbonyl (C=O) groups excluding carboxylic acids is 2. The molecule has 2 N–H and O–H groups in total. The summed E-state index contributed by atoms with van der Waals surface area (Å²) in [5.41, 5.74) is -0.914. The number of alkyl carbamates (subject to hydrolysis) is 1. The lowest BCUT2D eigenvalue weighted by Gasteiger charge is -2.22. The summed E-state index contributed by atoms with van der Waals surface area (Å²) in [4.78, 5) is 23.8. The summed E-state index contributed by atoms with van der Waals surface area (Å²) in [5, 5.41) is 4.64. The van der Waals surface area contributed by atoms with Crippen LogP contribution in [0.1, 0.15) is 26.3 Å². The average molecular weight is 328 g/mol. The third-order valence-corrected chi connectivity index (χ3v) is 3.07.